The second kappa shape index (κ2) is 4.32. The highest BCUT2D eigenvalue weighted by Crippen LogP contribution is 1.94. The number of esters is 1. The second-order valence-electron chi connectivity index (χ2n) is 1.91. The monoisotopic (exact) mass is 131 g/mol. The van der Waals surface area contributed by atoms with Gasteiger partial charge in [0, 0.05) is 0 Å². The third-order valence-corrected chi connectivity index (χ3v) is 1.07. The number of nitrogens with two attached hydrogens (primary N) is 1. The molecule has 0 amide bonds. The Bertz CT molecular complexity index is 93.1. The van der Waals surface area contributed by atoms with Crippen molar-refractivity contribution in [3.05, 3.63) is 0 Å². The van der Waals surface area contributed by atoms with Gasteiger partial charge in [-0.05, 0) is 13.3 Å². The third kappa shape index (κ3) is 3.97. The molecule has 1 unspecified atom stereocenters. The molecule has 3 nitrogen and oxygen atoms in total. The number of hydrogen-bond acceptors (Lipinski definition) is 3. The minimum atomic E-state index is -0.329. The quantitative estimate of drug-likeness (QED) is 0.560. The summed E-state index contributed by atoms with van der Waals surface area (Å²) in [5, 5.41) is 0. The number of ether oxygens (including phenoxy) is 1. The SMILES string of the molecule is CCC(C)OC(=O)CN. The van der Waals surface area contributed by atoms with E-state index in [1.54, 1.807) is 0 Å². The van der Waals surface area contributed by atoms with Crippen molar-refractivity contribution < 1.29 is 9.53 Å². The summed E-state index contributed by atoms with van der Waals surface area (Å²) in [6, 6.07) is 0. The molecule has 0 saturated carbocycles. The zero-order valence-electron chi connectivity index (χ0n) is 5.89. The Morgan fingerprint density at radius 2 is 2.33 bits per heavy atom. The lowest BCUT2D eigenvalue weighted by Crippen LogP contribution is -2.21. The molecule has 0 rings (SSSR count). The van der Waals surface area contributed by atoms with Crippen LogP contribution in [0, 0.1) is 0 Å². The topological polar surface area (TPSA) is 52.3 Å². The van der Waals surface area contributed by atoms with Gasteiger partial charge in [-0.1, -0.05) is 6.92 Å². The highest BCUT2D eigenvalue weighted by Gasteiger charge is 2.03. The van der Waals surface area contributed by atoms with Crippen LogP contribution in [-0.2, 0) is 9.53 Å². The van der Waals surface area contributed by atoms with Crippen LogP contribution in [0.25, 0.3) is 0 Å². The fourth-order valence-corrected chi connectivity index (χ4v) is 0.356. The van der Waals surface area contributed by atoms with E-state index >= 15 is 0 Å². The van der Waals surface area contributed by atoms with Gasteiger partial charge in [-0.25, -0.2) is 0 Å². The zero-order valence-corrected chi connectivity index (χ0v) is 5.89. The Labute approximate surface area is 55.2 Å². The van der Waals surface area contributed by atoms with E-state index in [4.69, 9.17) is 10.5 Å². The predicted octanol–water partition coefficient (Wildman–Crippen LogP) is 0.287. The van der Waals surface area contributed by atoms with Crippen molar-refractivity contribution in [2.45, 2.75) is 26.4 Å². The fourth-order valence-electron chi connectivity index (χ4n) is 0.356. The summed E-state index contributed by atoms with van der Waals surface area (Å²) in [5.74, 6) is -0.329. The first kappa shape index (κ1) is 8.43. The molecule has 0 bridgehead atoms. The van der Waals surface area contributed by atoms with Crippen LogP contribution in [0.1, 0.15) is 20.3 Å². The lowest BCUT2D eigenvalue weighted by molar-refractivity contribution is -0.146. The number of carbonyl (C=O) groups excluding carboxylic acids is 1. The molecule has 9 heavy (non-hydrogen) atoms. The summed E-state index contributed by atoms with van der Waals surface area (Å²) in [6.07, 6.45) is 0.840. The van der Waals surface area contributed by atoms with Gasteiger partial charge >= 0.3 is 5.97 Å². The molecule has 0 aliphatic carbocycles. The summed E-state index contributed by atoms with van der Waals surface area (Å²) < 4.78 is 4.78. The molecule has 0 fully saturated rings. The van der Waals surface area contributed by atoms with E-state index in [0.717, 1.165) is 6.42 Å². The molecule has 0 aliphatic rings. The van der Waals surface area contributed by atoms with Crippen molar-refractivity contribution in [2.75, 3.05) is 6.54 Å². The molecule has 54 valence electrons. The first-order valence-electron chi connectivity index (χ1n) is 3.10. The Morgan fingerprint density at radius 1 is 1.78 bits per heavy atom. The minimum absolute atomic E-state index is 0.000972. The zero-order chi connectivity index (χ0) is 7.28. The van der Waals surface area contributed by atoms with E-state index in [1.807, 2.05) is 13.8 Å². The molecule has 0 heterocycles. The van der Waals surface area contributed by atoms with E-state index in [-0.39, 0.29) is 18.6 Å². The Kier molecular flexibility index (Phi) is 4.05. The molecule has 2 N–H and O–H groups in total. The number of hydrogen-bond donors (Lipinski definition) is 1. The Balaban J connectivity index is 3.34. The first-order valence-corrected chi connectivity index (χ1v) is 3.10. The summed E-state index contributed by atoms with van der Waals surface area (Å²) in [6.45, 7) is 3.77. The minimum Gasteiger partial charge on any atom is -0.462 e. The molecule has 0 aromatic rings. The lowest BCUT2D eigenvalue weighted by Gasteiger charge is -2.08. The summed E-state index contributed by atoms with van der Waals surface area (Å²) in [4.78, 5) is 10.4. The van der Waals surface area contributed by atoms with Crippen LogP contribution >= 0.6 is 0 Å². The second-order valence-corrected chi connectivity index (χ2v) is 1.91. The highest BCUT2D eigenvalue weighted by molar-refractivity contribution is 5.71. The van der Waals surface area contributed by atoms with Gasteiger partial charge in [0.15, 0.2) is 0 Å². The van der Waals surface area contributed by atoms with Gasteiger partial charge in [-0.2, -0.15) is 0 Å². The Morgan fingerprint density at radius 3 is 2.67 bits per heavy atom. The van der Waals surface area contributed by atoms with Crippen LogP contribution in [-0.4, -0.2) is 18.6 Å². The molecule has 0 spiro atoms. The maximum Gasteiger partial charge on any atom is 0.319 e. The van der Waals surface area contributed by atoms with Gasteiger partial charge < -0.3 is 10.5 Å². The van der Waals surface area contributed by atoms with Crippen molar-refractivity contribution in [3.63, 3.8) is 0 Å². The molecule has 0 radical (unpaired) electrons. The van der Waals surface area contributed by atoms with Crippen LogP contribution in [0.15, 0.2) is 0 Å². The molecule has 3 heteroatoms. The molecular weight excluding hydrogens is 118 g/mol. The van der Waals surface area contributed by atoms with Crippen LogP contribution in [0.4, 0.5) is 0 Å². The van der Waals surface area contributed by atoms with E-state index in [9.17, 15) is 4.79 Å². The van der Waals surface area contributed by atoms with Crippen LogP contribution in [0.3, 0.4) is 0 Å². The average Bonchev–Trinajstić information content (AvgIpc) is 1.87. The molecule has 0 aromatic carbocycles. The molecular formula is C6H13NO2. The van der Waals surface area contributed by atoms with Gasteiger partial charge in [0.1, 0.15) is 0 Å². The molecule has 0 aliphatic heterocycles. The van der Waals surface area contributed by atoms with E-state index in [2.05, 4.69) is 0 Å². The van der Waals surface area contributed by atoms with Crippen LogP contribution in [0.2, 0.25) is 0 Å². The predicted molar refractivity (Wildman–Crippen MR) is 34.9 cm³/mol. The smallest absolute Gasteiger partial charge is 0.319 e. The summed E-state index contributed by atoms with van der Waals surface area (Å²) in [7, 11) is 0. The van der Waals surface area contributed by atoms with Crippen LogP contribution < -0.4 is 5.73 Å². The van der Waals surface area contributed by atoms with Crippen molar-refractivity contribution >= 4 is 5.97 Å². The largest absolute Gasteiger partial charge is 0.462 e. The van der Waals surface area contributed by atoms with Gasteiger partial charge in [0.2, 0.25) is 0 Å². The van der Waals surface area contributed by atoms with Gasteiger partial charge in [0.25, 0.3) is 0 Å². The third-order valence-electron chi connectivity index (χ3n) is 1.07. The van der Waals surface area contributed by atoms with Crippen molar-refractivity contribution in [1.82, 2.24) is 0 Å². The van der Waals surface area contributed by atoms with Crippen molar-refractivity contribution in [3.8, 4) is 0 Å². The van der Waals surface area contributed by atoms with E-state index in [1.165, 1.54) is 0 Å². The maximum absolute atomic E-state index is 10.4. The maximum atomic E-state index is 10.4. The molecule has 1 atom stereocenters. The standard InChI is InChI=1S/C6H13NO2/c1-3-5(2)9-6(8)4-7/h5H,3-4,7H2,1-2H3. The summed E-state index contributed by atoms with van der Waals surface area (Å²) >= 11 is 0. The number of carbonyl (C=O) groups is 1. The Hall–Kier alpha value is -0.570. The van der Waals surface area contributed by atoms with Crippen LogP contribution in [0.5, 0.6) is 0 Å². The van der Waals surface area contributed by atoms with Gasteiger partial charge in [-0.15, -0.1) is 0 Å². The highest BCUT2D eigenvalue weighted by atomic mass is 16.5. The first-order chi connectivity index (χ1) is 4.20. The van der Waals surface area contributed by atoms with Crippen molar-refractivity contribution in [1.29, 1.82) is 0 Å². The fraction of sp³-hybridized carbons (Fsp3) is 0.833. The lowest BCUT2D eigenvalue weighted by atomic mass is 10.3. The number of rotatable bonds is 3. The summed E-state index contributed by atoms with van der Waals surface area (Å²) in [5.41, 5.74) is 5.00. The molecule has 0 aromatic heterocycles. The van der Waals surface area contributed by atoms with E-state index < -0.39 is 0 Å². The van der Waals surface area contributed by atoms with Crippen molar-refractivity contribution in [2.24, 2.45) is 5.73 Å². The van der Waals surface area contributed by atoms with Gasteiger partial charge in [-0.3, -0.25) is 4.79 Å². The van der Waals surface area contributed by atoms with E-state index in [0.29, 0.717) is 0 Å². The van der Waals surface area contributed by atoms with Gasteiger partial charge in [0.05, 0.1) is 12.6 Å². The normalized spacial score (nSPS) is 12.8. The molecule has 0 saturated heterocycles. The average molecular weight is 131 g/mol.